The molecule has 3 aromatic rings. The Kier molecular flexibility index (Phi) is 6.64. The van der Waals surface area contributed by atoms with E-state index in [1.165, 1.54) is 18.2 Å². The third-order valence-electron chi connectivity index (χ3n) is 8.38. The Balaban J connectivity index is 1.10. The van der Waals surface area contributed by atoms with Crippen LogP contribution in [0.25, 0.3) is 11.0 Å². The molecule has 1 amide bonds. The molecule has 4 unspecified atom stereocenters. The van der Waals surface area contributed by atoms with Gasteiger partial charge in [-0.15, -0.1) is 0 Å². The van der Waals surface area contributed by atoms with E-state index in [9.17, 15) is 13.6 Å². The molecule has 3 N–H and O–H groups in total. The summed E-state index contributed by atoms with van der Waals surface area (Å²) in [5, 5.41) is 11.1. The number of carbonyl (C=O) groups excluding carboxylic acids is 1. The number of hydrazine groups is 1. The van der Waals surface area contributed by atoms with Crippen LogP contribution >= 0.6 is 0 Å². The van der Waals surface area contributed by atoms with Crippen molar-refractivity contribution in [3.8, 4) is 0 Å². The Morgan fingerprint density at radius 1 is 1.08 bits per heavy atom. The second-order valence-corrected chi connectivity index (χ2v) is 11.0. The SMILES string of the molecule is CN1C[C@@H](Cc2c(F)cccc2F)C[C@@H](NC(=O)C2CCC3NNC(c4ccc5nonc5c4)C3C2)C1. The molecular weight excluding hydrogens is 478 g/mol. The van der Waals surface area contributed by atoms with Crippen LogP contribution in [0.3, 0.4) is 0 Å². The minimum Gasteiger partial charge on any atom is -0.352 e. The largest absolute Gasteiger partial charge is 0.352 e. The molecule has 0 bridgehead atoms. The van der Waals surface area contributed by atoms with Gasteiger partial charge in [0.05, 0.1) is 6.04 Å². The molecule has 6 atom stereocenters. The average Bonchev–Trinajstić information content (AvgIpc) is 3.52. The Labute approximate surface area is 214 Å². The van der Waals surface area contributed by atoms with Gasteiger partial charge in [0.2, 0.25) is 5.91 Å². The number of hydrogen-bond acceptors (Lipinski definition) is 7. The highest BCUT2D eigenvalue weighted by Crippen LogP contribution is 2.41. The van der Waals surface area contributed by atoms with Crippen molar-refractivity contribution in [2.75, 3.05) is 20.1 Å². The summed E-state index contributed by atoms with van der Waals surface area (Å²) in [5.41, 5.74) is 9.53. The number of carbonyl (C=O) groups is 1. The van der Waals surface area contributed by atoms with E-state index in [0.29, 0.717) is 18.9 Å². The lowest BCUT2D eigenvalue weighted by Gasteiger charge is -2.38. The quantitative estimate of drug-likeness (QED) is 0.486. The second-order valence-electron chi connectivity index (χ2n) is 11.0. The standard InChI is InChI=1S/C27H32F2N6O2/c1-35-13-15(10-19-21(28)3-2-4-22(19)29)9-18(14-35)30-27(36)17-6-7-23-20(11-17)26(32-31-23)16-5-8-24-25(12-16)34-37-33-24/h2-5,8,12,15,17-18,20,23,26,31-32H,6-7,9-11,13-14H2,1H3,(H,30,36)/t15-,17?,18-,20?,23?,26?/m1/s1. The van der Waals surface area contributed by atoms with Crippen LogP contribution in [0.5, 0.6) is 0 Å². The van der Waals surface area contributed by atoms with Crippen molar-refractivity contribution in [1.82, 2.24) is 31.4 Å². The van der Waals surface area contributed by atoms with Crippen LogP contribution in [0, 0.1) is 29.4 Å². The zero-order valence-electron chi connectivity index (χ0n) is 20.8. The fraction of sp³-hybridized carbons (Fsp3) is 0.519. The number of rotatable bonds is 5. The smallest absolute Gasteiger partial charge is 0.223 e. The zero-order valence-corrected chi connectivity index (χ0v) is 20.8. The van der Waals surface area contributed by atoms with Crippen molar-refractivity contribution >= 4 is 16.9 Å². The molecule has 3 aliphatic rings. The molecule has 2 aromatic carbocycles. The first kappa shape index (κ1) is 24.4. The molecule has 37 heavy (non-hydrogen) atoms. The van der Waals surface area contributed by atoms with Gasteiger partial charge in [-0.3, -0.25) is 10.2 Å². The highest BCUT2D eigenvalue weighted by Gasteiger charge is 2.43. The first-order valence-corrected chi connectivity index (χ1v) is 13.1. The van der Waals surface area contributed by atoms with Gasteiger partial charge in [0.15, 0.2) is 0 Å². The molecule has 3 heterocycles. The van der Waals surface area contributed by atoms with Crippen molar-refractivity contribution in [2.45, 2.75) is 50.2 Å². The highest BCUT2D eigenvalue weighted by atomic mass is 19.1. The van der Waals surface area contributed by atoms with Gasteiger partial charge in [-0.25, -0.2) is 18.8 Å². The fourth-order valence-corrected chi connectivity index (χ4v) is 6.65. The van der Waals surface area contributed by atoms with Crippen molar-refractivity contribution in [3.63, 3.8) is 0 Å². The number of nitrogens with zero attached hydrogens (tertiary/aromatic N) is 3. The summed E-state index contributed by atoms with van der Waals surface area (Å²) in [5.74, 6) is -0.655. The molecule has 2 saturated heterocycles. The van der Waals surface area contributed by atoms with Crippen molar-refractivity contribution in [1.29, 1.82) is 0 Å². The first-order chi connectivity index (χ1) is 17.9. The van der Waals surface area contributed by atoms with E-state index >= 15 is 0 Å². The summed E-state index contributed by atoms with van der Waals surface area (Å²) in [6, 6.07) is 10.3. The van der Waals surface area contributed by atoms with E-state index < -0.39 is 11.6 Å². The predicted octanol–water partition coefficient (Wildman–Crippen LogP) is 3.11. The molecule has 6 rings (SSSR count). The molecular formula is C27H32F2N6O2. The Morgan fingerprint density at radius 2 is 1.89 bits per heavy atom. The highest BCUT2D eigenvalue weighted by molar-refractivity contribution is 5.79. The summed E-state index contributed by atoms with van der Waals surface area (Å²) in [6.07, 6.45) is 3.56. The van der Waals surface area contributed by atoms with Gasteiger partial charge in [-0.1, -0.05) is 12.1 Å². The van der Waals surface area contributed by atoms with Crippen LogP contribution in [-0.4, -0.2) is 53.3 Å². The van der Waals surface area contributed by atoms with Crippen LogP contribution in [0.4, 0.5) is 8.78 Å². The Morgan fingerprint density at radius 3 is 2.73 bits per heavy atom. The van der Waals surface area contributed by atoms with E-state index in [0.717, 1.165) is 48.9 Å². The molecule has 196 valence electrons. The summed E-state index contributed by atoms with van der Waals surface area (Å²) in [7, 11) is 2.00. The van der Waals surface area contributed by atoms with Crippen LogP contribution in [0.2, 0.25) is 0 Å². The normalized spacial score (nSPS) is 30.4. The number of benzene rings is 2. The molecule has 3 fully saturated rings. The summed E-state index contributed by atoms with van der Waals surface area (Å²) < 4.78 is 33.3. The minimum atomic E-state index is -0.502. The molecule has 10 heteroatoms. The van der Waals surface area contributed by atoms with Crippen LogP contribution < -0.4 is 16.2 Å². The monoisotopic (exact) mass is 510 g/mol. The van der Waals surface area contributed by atoms with Crippen molar-refractivity contribution < 1.29 is 18.2 Å². The number of likely N-dealkylation sites (N-methyl/N-ethyl adjacent to an activating group) is 1. The topological polar surface area (TPSA) is 95.3 Å². The number of hydrogen-bond donors (Lipinski definition) is 3. The third-order valence-corrected chi connectivity index (χ3v) is 8.38. The lowest BCUT2D eigenvalue weighted by Crippen LogP contribution is -2.52. The molecule has 1 aromatic heterocycles. The van der Waals surface area contributed by atoms with Crippen LogP contribution in [0.1, 0.15) is 42.9 Å². The Hall–Kier alpha value is -2.95. The van der Waals surface area contributed by atoms with E-state index in [1.807, 2.05) is 25.2 Å². The minimum absolute atomic E-state index is 0.0403. The fourth-order valence-electron chi connectivity index (χ4n) is 6.65. The van der Waals surface area contributed by atoms with E-state index in [-0.39, 0.29) is 41.3 Å². The van der Waals surface area contributed by atoms with Crippen LogP contribution in [-0.2, 0) is 11.2 Å². The molecule has 0 radical (unpaired) electrons. The van der Waals surface area contributed by atoms with E-state index in [2.05, 4.69) is 31.4 Å². The summed E-state index contributed by atoms with van der Waals surface area (Å²) in [6.45, 7) is 1.48. The number of likely N-dealkylation sites (tertiary alicyclic amines) is 1. The van der Waals surface area contributed by atoms with Crippen LogP contribution in [0.15, 0.2) is 41.0 Å². The zero-order chi connectivity index (χ0) is 25.5. The molecule has 1 saturated carbocycles. The number of halogens is 2. The van der Waals surface area contributed by atoms with Gasteiger partial charge < -0.3 is 10.2 Å². The van der Waals surface area contributed by atoms with Crippen molar-refractivity contribution in [3.05, 3.63) is 59.2 Å². The third kappa shape index (κ3) is 4.97. The van der Waals surface area contributed by atoms with E-state index in [4.69, 9.17) is 4.63 Å². The molecule has 2 aliphatic heterocycles. The lowest BCUT2D eigenvalue weighted by atomic mass is 9.74. The first-order valence-electron chi connectivity index (χ1n) is 13.1. The van der Waals surface area contributed by atoms with Gasteiger partial charge in [0.25, 0.3) is 0 Å². The average molecular weight is 511 g/mol. The number of piperidine rings is 1. The number of amides is 1. The van der Waals surface area contributed by atoms with Crippen molar-refractivity contribution in [2.24, 2.45) is 17.8 Å². The lowest BCUT2D eigenvalue weighted by molar-refractivity contribution is -0.127. The predicted molar refractivity (Wildman–Crippen MR) is 133 cm³/mol. The van der Waals surface area contributed by atoms with Gasteiger partial charge >= 0.3 is 0 Å². The molecule has 1 aliphatic carbocycles. The van der Waals surface area contributed by atoms with Gasteiger partial charge in [0.1, 0.15) is 22.7 Å². The number of fused-ring (bicyclic) bond motifs is 2. The maximum Gasteiger partial charge on any atom is 0.223 e. The van der Waals surface area contributed by atoms with Gasteiger partial charge in [-0.2, -0.15) is 0 Å². The summed E-state index contributed by atoms with van der Waals surface area (Å²) in [4.78, 5) is 15.5. The van der Waals surface area contributed by atoms with Gasteiger partial charge in [-0.05, 0) is 91.1 Å². The molecule has 0 spiro atoms. The number of nitrogens with one attached hydrogen (secondary N) is 3. The maximum atomic E-state index is 14.2. The Bertz CT molecular complexity index is 1260. The molecule has 8 nitrogen and oxygen atoms in total. The second kappa shape index (κ2) is 10.1. The maximum absolute atomic E-state index is 14.2. The van der Waals surface area contributed by atoms with Gasteiger partial charge in [0, 0.05) is 36.7 Å². The van der Waals surface area contributed by atoms with E-state index in [1.54, 1.807) is 0 Å². The number of aromatic nitrogens is 2. The summed E-state index contributed by atoms with van der Waals surface area (Å²) >= 11 is 0.